The molecule has 1 saturated heterocycles. The molecule has 3 rings (SSSR count). The Morgan fingerprint density at radius 2 is 1.97 bits per heavy atom. The number of halogens is 4. The van der Waals surface area contributed by atoms with Crippen LogP contribution in [0, 0.1) is 6.92 Å². The summed E-state index contributed by atoms with van der Waals surface area (Å²) >= 11 is 0. The normalized spacial score (nSPS) is 17.2. The number of nitrogens with one attached hydrogen (secondary N) is 2. The van der Waals surface area contributed by atoms with Crippen LogP contribution in [-0.4, -0.2) is 64.6 Å². The van der Waals surface area contributed by atoms with E-state index in [4.69, 9.17) is 4.74 Å². The number of alkyl halides is 3. The highest BCUT2D eigenvalue weighted by Gasteiger charge is 2.34. The molecule has 1 aromatic heterocycles. The Hall–Kier alpha value is -2.09. The first-order chi connectivity index (χ1) is 14.7. The van der Waals surface area contributed by atoms with Crippen molar-refractivity contribution in [1.82, 2.24) is 30.3 Å². The molecule has 1 aliphatic heterocycles. The van der Waals surface area contributed by atoms with Gasteiger partial charge in [0.05, 0.1) is 26.7 Å². The minimum Gasteiger partial charge on any atom is -0.497 e. The number of nitrogens with zero attached hydrogens (tertiary/aromatic N) is 5. The fraction of sp³-hybridized carbons (Fsp3) is 0.550. The molecule has 0 saturated carbocycles. The average molecular weight is 567 g/mol. The SMILES string of the molecule is COc1ccc(CN=C(NCc2nnc(C)n2C)NC2CCN(CC(F)(F)F)C2)cc1.I. The van der Waals surface area contributed by atoms with Crippen LogP contribution in [0.15, 0.2) is 29.3 Å². The van der Waals surface area contributed by atoms with Gasteiger partial charge in [-0.15, -0.1) is 34.2 Å². The second-order valence-corrected chi connectivity index (χ2v) is 7.57. The Bertz CT molecular complexity index is 886. The Balaban J connectivity index is 0.00000363. The summed E-state index contributed by atoms with van der Waals surface area (Å²) in [6, 6.07) is 7.45. The van der Waals surface area contributed by atoms with Crippen LogP contribution in [0.4, 0.5) is 13.2 Å². The maximum atomic E-state index is 12.7. The summed E-state index contributed by atoms with van der Waals surface area (Å²) in [5, 5.41) is 14.7. The maximum absolute atomic E-state index is 12.7. The van der Waals surface area contributed by atoms with Gasteiger partial charge in [0, 0.05) is 26.2 Å². The molecule has 1 fully saturated rings. The van der Waals surface area contributed by atoms with Crippen LogP contribution in [0.3, 0.4) is 0 Å². The van der Waals surface area contributed by atoms with Crippen molar-refractivity contribution in [2.45, 2.75) is 38.7 Å². The lowest BCUT2D eigenvalue weighted by Crippen LogP contribution is -2.45. The molecule has 12 heteroatoms. The summed E-state index contributed by atoms with van der Waals surface area (Å²) < 4.78 is 45.1. The van der Waals surface area contributed by atoms with Gasteiger partial charge in [0.15, 0.2) is 11.8 Å². The molecule has 8 nitrogen and oxygen atoms in total. The number of hydrogen-bond acceptors (Lipinski definition) is 5. The first-order valence-corrected chi connectivity index (χ1v) is 10.1. The summed E-state index contributed by atoms with van der Waals surface area (Å²) in [7, 11) is 3.48. The number of ether oxygens (including phenoxy) is 1. The third kappa shape index (κ3) is 7.80. The maximum Gasteiger partial charge on any atom is 0.401 e. The van der Waals surface area contributed by atoms with Crippen LogP contribution in [0.5, 0.6) is 5.75 Å². The van der Waals surface area contributed by atoms with Gasteiger partial charge in [-0.1, -0.05) is 12.1 Å². The van der Waals surface area contributed by atoms with Gasteiger partial charge < -0.3 is 19.9 Å². The van der Waals surface area contributed by atoms with Gasteiger partial charge in [0.25, 0.3) is 0 Å². The van der Waals surface area contributed by atoms with E-state index in [1.165, 1.54) is 4.90 Å². The van der Waals surface area contributed by atoms with E-state index in [0.29, 0.717) is 38.6 Å². The van der Waals surface area contributed by atoms with Crippen LogP contribution in [0.1, 0.15) is 23.6 Å². The van der Waals surface area contributed by atoms with Crippen molar-refractivity contribution >= 4 is 29.9 Å². The molecule has 1 unspecified atom stereocenters. The number of likely N-dealkylation sites (tertiary alicyclic amines) is 1. The lowest BCUT2D eigenvalue weighted by molar-refractivity contribution is -0.143. The van der Waals surface area contributed by atoms with E-state index in [0.717, 1.165) is 23.0 Å². The highest BCUT2D eigenvalue weighted by atomic mass is 127. The van der Waals surface area contributed by atoms with Gasteiger partial charge in [-0.2, -0.15) is 13.2 Å². The van der Waals surface area contributed by atoms with Gasteiger partial charge >= 0.3 is 6.18 Å². The molecule has 0 aliphatic carbocycles. The van der Waals surface area contributed by atoms with Crippen LogP contribution >= 0.6 is 24.0 Å². The second kappa shape index (κ2) is 11.7. The van der Waals surface area contributed by atoms with Crippen LogP contribution in [0.2, 0.25) is 0 Å². The quantitative estimate of drug-likeness (QED) is 0.305. The third-order valence-electron chi connectivity index (χ3n) is 5.19. The molecule has 0 bridgehead atoms. The Kier molecular flexibility index (Phi) is 9.55. The fourth-order valence-corrected chi connectivity index (χ4v) is 3.36. The molecule has 2 aromatic rings. The van der Waals surface area contributed by atoms with Crippen molar-refractivity contribution in [3.63, 3.8) is 0 Å². The molecular weight excluding hydrogens is 538 g/mol. The van der Waals surface area contributed by atoms with Crippen molar-refractivity contribution in [2.75, 3.05) is 26.7 Å². The summed E-state index contributed by atoms with van der Waals surface area (Å²) in [6.07, 6.45) is -3.58. The monoisotopic (exact) mass is 567 g/mol. The topological polar surface area (TPSA) is 79.6 Å². The van der Waals surface area contributed by atoms with E-state index < -0.39 is 12.7 Å². The Morgan fingerprint density at radius 3 is 2.56 bits per heavy atom. The molecule has 1 aromatic carbocycles. The highest BCUT2D eigenvalue weighted by Crippen LogP contribution is 2.20. The smallest absolute Gasteiger partial charge is 0.401 e. The zero-order valence-corrected chi connectivity index (χ0v) is 20.6. The number of aliphatic imine (C=N–C) groups is 1. The molecule has 0 amide bonds. The largest absolute Gasteiger partial charge is 0.497 e. The van der Waals surface area contributed by atoms with Gasteiger partial charge in [0.2, 0.25) is 0 Å². The van der Waals surface area contributed by atoms with Gasteiger partial charge in [-0.25, -0.2) is 4.99 Å². The summed E-state index contributed by atoms with van der Waals surface area (Å²) in [6.45, 7) is 2.48. The van der Waals surface area contributed by atoms with Crippen LogP contribution < -0.4 is 15.4 Å². The summed E-state index contributed by atoms with van der Waals surface area (Å²) in [4.78, 5) is 6.03. The van der Waals surface area contributed by atoms with Gasteiger partial charge in [-0.3, -0.25) is 4.90 Å². The standard InChI is InChI=1S/C20H28F3N7O.HI/c1-14-27-28-18(29(14)2)11-25-19(24-10-15-4-6-17(31-3)7-5-15)26-16-8-9-30(12-16)13-20(21,22)23;/h4-7,16H,8-13H2,1-3H3,(H2,24,25,26);1H. The number of aryl methyl sites for hydroxylation is 1. The molecule has 1 aliphatic rings. The molecule has 178 valence electrons. The molecule has 0 spiro atoms. The number of guanidine groups is 1. The number of rotatable bonds is 7. The lowest BCUT2D eigenvalue weighted by Gasteiger charge is -2.20. The molecule has 1 atom stereocenters. The van der Waals surface area contributed by atoms with Crippen molar-refractivity contribution < 1.29 is 17.9 Å². The molecular formula is C20H29F3IN7O. The van der Waals surface area contributed by atoms with Crippen LogP contribution in [-0.2, 0) is 20.1 Å². The zero-order chi connectivity index (χ0) is 22.4. The first kappa shape index (κ1) is 26.2. The number of methoxy groups -OCH3 is 1. The minimum atomic E-state index is -4.19. The first-order valence-electron chi connectivity index (χ1n) is 10.1. The van der Waals surface area contributed by atoms with E-state index in [-0.39, 0.29) is 30.0 Å². The average Bonchev–Trinajstić information content (AvgIpc) is 3.29. The van der Waals surface area contributed by atoms with Crippen LogP contribution in [0.25, 0.3) is 0 Å². The van der Waals surface area contributed by atoms with E-state index in [9.17, 15) is 13.2 Å². The van der Waals surface area contributed by atoms with Crippen molar-refractivity contribution in [1.29, 1.82) is 0 Å². The summed E-state index contributed by atoms with van der Waals surface area (Å²) in [5.41, 5.74) is 0.988. The third-order valence-corrected chi connectivity index (χ3v) is 5.19. The zero-order valence-electron chi connectivity index (χ0n) is 18.3. The lowest BCUT2D eigenvalue weighted by atomic mass is 10.2. The second-order valence-electron chi connectivity index (χ2n) is 7.57. The van der Waals surface area contributed by atoms with E-state index in [1.807, 2.05) is 42.8 Å². The van der Waals surface area contributed by atoms with E-state index in [2.05, 4.69) is 25.8 Å². The Morgan fingerprint density at radius 1 is 1.25 bits per heavy atom. The fourth-order valence-electron chi connectivity index (χ4n) is 3.36. The molecule has 2 heterocycles. The molecule has 0 radical (unpaired) electrons. The summed E-state index contributed by atoms with van der Waals surface area (Å²) in [5.74, 6) is 2.81. The Labute approximate surface area is 202 Å². The van der Waals surface area contributed by atoms with Gasteiger partial charge in [-0.05, 0) is 31.0 Å². The van der Waals surface area contributed by atoms with Crippen molar-refractivity contribution in [3.05, 3.63) is 41.5 Å². The molecule has 32 heavy (non-hydrogen) atoms. The predicted molar refractivity (Wildman–Crippen MR) is 126 cm³/mol. The highest BCUT2D eigenvalue weighted by molar-refractivity contribution is 14.0. The number of aromatic nitrogens is 3. The minimum absolute atomic E-state index is 0. The van der Waals surface area contributed by atoms with Crippen molar-refractivity contribution in [3.8, 4) is 5.75 Å². The van der Waals surface area contributed by atoms with E-state index in [1.54, 1.807) is 7.11 Å². The number of hydrogen-bond donors (Lipinski definition) is 2. The van der Waals surface area contributed by atoms with E-state index >= 15 is 0 Å². The van der Waals surface area contributed by atoms with Gasteiger partial charge in [0.1, 0.15) is 11.6 Å². The molecule has 2 N–H and O–H groups in total. The van der Waals surface area contributed by atoms with Crippen molar-refractivity contribution in [2.24, 2.45) is 12.0 Å². The predicted octanol–water partition coefficient (Wildman–Crippen LogP) is 2.62. The number of benzene rings is 1.